The quantitative estimate of drug-likeness (QED) is 0.408. The molecule has 1 atom stereocenters. The Labute approximate surface area is 49.7 Å². The van der Waals surface area contributed by atoms with Gasteiger partial charge in [-0.25, -0.2) is 0 Å². The first-order valence-electron chi connectivity index (χ1n) is 2.16. The van der Waals surface area contributed by atoms with E-state index >= 15 is 0 Å². The fourth-order valence-corrected chi connectivity index (χ4v) is 0.615. The minimum absolute atomic E-state index is 0.100. The third-order valence-electron chi connectivity index (χ3n) is 0.772. The van der Waals surface area contributed by atoms with Crippen molar-refractivity contribution in [2.75, 3.05) is 19.9 Å². The van der Waals surface area contributed by atoms with E-state index in [2.05, 4.69) is 17.9 Å². The highest BCUT2D eigenvalue weighted by molar-refractivity contribution is 7.80. The number of hydrogen-bond donors (Lipinski definition) is 2. The number of rotatable bonds is 3. The average Bonchev–Trinajstić information content (AvgIpc) is 1.72. The lowest BCUT2D eigenvalue weighted by Crippen LogP contribution is -2.28. The molecule has 0 saturated carbocycles. The summed E-state index contributed by atoms with van der Waals surface area (Å²) in [6, 6.07) is 0. The van der Waals surface area contributed by atoms with Crippen molar-refractivity contribution in [3.05, 3.63) is 0 Å². The van der Waals surface area contributed by atoms with E-state index in [4.69, 9.17) is 4.74 Å². The molecule has 0 bridgehead atoms. The molecule has 2 nitrogen and oxygen atoms in total. The van der Waals surface area contributed by atoms with E-state index < -0.39 is 0 Å². The number of nitrogens with one attached hydrogen (secondary N) is 1. The Morgan fingerprint density at radius 2 is 2.43 bits per heavy atom. The Balaban J connectivity index is 2.99. The third kappa shape index (κ3) is 2.91. The predicted octanol–water partition coefficient (Wildman–Crippen LogP) is 0.108. The Bertz CT molecular complexity index is 33.2. The molecule has 1 N–H and O–H groups in total. The molecule has 0 fully saturated rings. The average molecular weight is 121 g/mol. The van der Waals surface area contributed by atoms with Gasteiger partial charge in [0.15, 0.2) is 0 Å². The van der Waals surface area contributed by atoms with Crippen molar-refractivity contribution in [2.45, 2.75) is 6.23 Å². The molecule has 0 saturated heterocycles. The molecule has 0 heterocycles. The minimum atomic E-state index is 0.100. The van der Waals surface area contributed by atoms with Gasteiger partial charge in [-0.05, 0) is 7.05 Å². The number of hydrogen-bond acceptors (Lipinski definition) is 3. The normalized spacial score (nSPS) is 14.1. The Morgan fingerprint density at radius 1 is 1.86 bits per heavy atom. The number of methoxy groups -OCH3 is 1. The van der Waals surface area contributed by atoms with Crippen LogP contribution in [0.4, 0.5) is 0 Å². The zero-order valence-electron chi connectivity index (χ0n) is 4.64. The third-order valence-corrected chi connectivity index (χ3v) is 1.10. The second-order valence-electron chi connectivity index (χ2n) is 1.20. The lowest BCUT2D eigenvalue weighted by molar-refractivity contribution is 0.101. The Morgan fingerprint density at radius 3 is 2.43 bits per heavy atom. The van der Waals surface area contributed by atoms with Crippen LogP contribution >= 0.6 is 12.6 Å². The lowest BCUT2D eigenvalue weighted by Gasteiger charge is -2.08. The maximum atomic E-state index is 4.86. The van der Waals surface area contributed by atoms with E-state index in [0.717, 1.165) is 0 Å². The summed E-state index contributed by atoms with van der Waals surface area (Å²) in [6.07, 6.45) is 0.100. The van der Waals surface area contributed by atoms with Crippen LogP contribution in [-0.4, -0.2) is 26.1 Å². The van der Waals surface area contributed by atoms with Gasteiger partial charge in [-0.15, -0.1) is 0 Å². The molecule has 0 spiro atoms. The van der Waals surface area contributed by atoms with E-state index in [9.17, 15) is 0 Å². The van der Waals surface area contributed by atoms with Crippen molar-refractivity contribution in [2.24, 2.45) is 0 Å². The van der Waals surface area contributed by atoms with Crippen LogP contribution in [0.2, 0.25) is 0 Å². The SMILES string of the molecule is CNC(CS)OC. The van der Waals surface area contributed by atoms with Gasteiger partial charge in [-0.3, -0.25) is 5.32 Å². The van der Waals surface area contributed by atoms with E-state index in [1.165, 1.54) is 0 Å². The summed E-state index contributed by atoms with van der Waals surface area (Å²) in [5.41, 5.74) is 0. The van der Waals surface area contributed by atoms with E-state index in [0.29, 0.717) is 5.75 Å². The zero-order chi connectivity index (χ0) is 5.70. The summed E-state index contributed by atoms with van der Waals surface area (Å²) < 4.78 is 4.86. The van der Waals surface area contributed by atoms with Crippen LogP contribution in [0.5, 0.6) is 0 Å². The topological polar surface area (TPSA) is 21.3 Å². The standard InChI is InChI=1S/C4H11NOS/c1-5-4(3-7)6-2/h4-5,7H,3H2,1-2H3. The van der Waals surface area contributed by atoms with Gasteiger partial charge < -0.3 is 4.74 Å². The van der Waals surface area contributed by atoms with Crippen LogP contribution in [0.1, 0.15) is 0 Å². The first-order valence-corrected chi connectivity index (χ1v) is 2.79. The summed E-state index contributed by atoms with van der Waals surface area (Å²) in [4.78, 5) is 0. The molecule has 44 valence electrons. The molecular weight excluding hydrogens is 110 g/mol. The molecular formula is C4H11NOS. The minimum Gasteiger partial charge on any atom is -0.366 e. The van der Waals surface area contributed by atoms with Crippen LogP contribution in [0.15, 0.2) is 0 Å². The molecule has 0 radical (unpaired) electrons. The monoisotopic (exact) mass is 121 g/mol. The maximum Gasteiger partial charge on any atom is 0.116 e. The van der Waals surface area contributed by atoms with E-state index in [1.807, 2.05) is 7.05 Å². The number of thiol groups is 1. The van der Waals surface area contributed by atoms with Crippen LogP contribution in [0, 0.1) is 0 Å². The summed E-state index contributed by atoms with van der Waals surface area (Å²) in [5.74, 6) is 0.715. The largest absolute Gasteiger partial charge is 0.366 e. The lowest BCUT2D eigenvalue weighted by atomic mass is 10.7. The second-order valence-corrected chi connectivity index (χ2v) is 1.56. The summed E-state index contributed by atoms with van der Waals surface area (Å²) in [6.45, 7) is 0. The van der Waals surface area contributed by atoms with Gasteiger partial charge in [0.25, 0.3) is 0 Å². The molecule has 7 heavy (non-hydrogen) atoms. The Hall–Kier alpha value is 0.270. The first-order chi connectivity index (χ1) is 3.35. The van der Waals surface area contributed by atoms with Crippen LogP contribution in [0.3, 0.4) is 0 Å². The van der Waals surface area contributed by atoms with Gasteiger partial charge in [-0.1, -0.05) is 0 Å². The molecule has 0 aliphatic rings. The van der Waals surface area contributed by atoms with Crippen LogP contribution < -0.4 is 5.32 Å². The second kappa shape index (κ2) is 4.43. The zero-order valence-corrected chi connectivity index (χ0v) is 5.53. The molecule has 0 aromatic carbocycles. The van der Waals surface area contributed by atoms with Crippen molar-refractivity contribution >= 4 is 12.6 Å². The first kappa shape index (κ1) is 7.27. The molecule has 0 aromatic rings. The molecule has 1 unspecified atom stereocenters. The van der Waals surface area contributed by atoms with Gasteiger partial charge in [0.2, 0.25) is 0 Å². The van der Waals surface area contributed by atoms with Crippen LogP contribution in [0.25, 0.3) is 0 Å². The van der Waals surface area contributed by atoms with Crippen LogP contribution in [-0.2, 0) is 4.74 Å². The molecule has 0 aromatic heterocycles. The van der Waals surface area contributed by atoms with Gasteiger partial charge in [0.1, 0.15) is 6.23 Å². The van der Waals surface area contributed by atoms with Crippen molar-refractivity contribution in [1.29, 1.82) is 0 Å². The summed E-state index contributed by atoms with van der Waals surface area (Å²) in [7, 11) is 3.49. The maximum absolute atomic E-state index is 4.86. The molecule has 0 amide bonds. The van der Waals surface area contributed by atoms with Crippen molar-refractivity contribution in [1.82, 2.24) is 5.32 Å². The van der Waals surface area contributed by atoms with Gasteiger partial charge in [0, 0.05) is 12.9 Å². The summed E-state index contributed by atoms with van der Waals surface area (Å²) in [5, 5.41) is 2.90. The number of ether oxygens (including phenoxy) is 1. The van der Waals surface area contributed by atoms with E-state index in [-0.39, 0.29) is 6.23 Å². The van der Waals surface area contributed by atoms with Crippen molar-refractivity contribution in [3.63, 3.8) is 0 Å². The fourth-order valence-electron chi connectivity index (χ4n) is 0.284. The van der Waals surface area contributed by atoms with Gasteiger partial charge in [0.05, 0.1) is 0 Å². The highest BCUT2D eigenvalue weighted by atomic mass is 32.1. The summed E-state index contributed by atoms with van der Waals surface area (Å²) >= 11 is 3.99. The highest BCUT2D eigenvalue weighted by Crippen LogP contribution is 1.84. The van der Waals surface area contributed by atoms with Gasteiger partial charge >= 0.3 is 0 Å². The fraction of sp³-hybridized carbons (Fsp3) is 1.00. The van der Waals surface area contributed by atoms with Crippen molar-refractivity contribution < 1.29 is 4.74 Å². The molecule has 3 heteroatoms. The van der Waals surface area contributed by atoms with Gasteiger partial charge in [-0.2, -0.15) is 12.6 Å². The molecule has 0 aliphatic heterocycles. The smallest absolute Gasteiger partial charge is 0.116 e. The molecule has 0 rings (SSSR count). The molecule has 0 aliphatic carbocycles. The predicted molar refractivity (Wildman–Crippen MR) is 33.7 cm³/mol. The van der Waals surface area contributed by atoms with Crippen molar-refractivity contribution in [3.8, 4) is 0 Å². The Kier molecular flexibility index (Phi) is 4.60. The highest BCUT2D eigenvalue weighted by Gasteiger charge is 1.95. The van der Waals surface area contributed by atoms with E-state index in [1.54, 1.807) is 7.11 Å².